The third-order valence-corrected chi connectivity index (χ3v) is 27.6. The van der Waals surface area contributed by atoms with Crippen molar-refractivity contribution in [3.8, 4) is 79.9 Å². The molecule has 6 N–H and O–H groups in total. The SMILES string of the molecule is CCCCN(CCCC)C(=O)CN1C[C@H](c2cc(OC)c3c(c2)OCO3)[C@@H](C(=O)O)[C@@H]1CC(C)(C)CCC.CCCCn1ncc(/C=C(\Cc2cc3c(cc2OC)CCO3)C(=O)O)c1-c1ccc(Cl)cc1OCc1ccccc1C(=O)O.COc1nc(C)cnc1NS(=O)(=O)c1ccccc1-c1ccc(CC(C)C(=O)O)cc1.COc1nc(C)cnc1NS(=O)(=O)c1cccnc1-c1ccc(CC(C)(C)C)cc1. The fourth-order valence-corrected chi connectivity index (χ4v) is 20.1. The van der Waals surface area contributed by atoms with Gasteiger partial charge in [-0.25, -0.2) is 46.4 Å². The summed E-state index contributed by atoms with van der Waals surface area (Å²) in [5, 5.41) is 44.6. The van der Waals surface area contributed by atoms with Crippen LogP contribution < -0.4 is 47.3 Å². The Hall–Kier alpha value is -13.7. The Kier molecular flexibility index (Phi) is 38.6. The van der Waals surface area contributed by atoms with Crippen LogP contribution in [0.2, 0.25) is 5.02 Å². The summed E-state index contributed by atoms with van der Waals surface area (Å²) in [5.74, 6) is -1.51. The molecule has 7 aromatic carbocycles. The Morgan fingerprint density at radius 3 is 1.87 bits per heavy atom. The van der Waals surface area contributed by atoms with Gasteiger partial charge in [0.2, 0.25) is 30.1 Å². The largest absolute Gasteiger partial charge is 0.496 e. The maximum atomic E-state index is 13.6. The lowest BCUT2D eigenvalue weighted by atomic mass is 9.76. The number of nitrogens with zero attached hydrogens (tertiary/aromatic N) is 9. The molecule has 11 aromatic rings. The van der Waals surface area contributed by atoms with E-state index in [0.717, 1.165) is 105 Å². The topological polar surface area (TPSA) is 421 Å². The molecule has 143 heavy (non-hydrogen) atoms. The zero-order valence-corrected chi connectivity index (χ0v) is 86.3. The van der Waals surface area contributed by atoms with Crippen molar-refractivity contribution in [1.82, 2.24) is 44.5 Å². The van der Waals surface area contributed by atoms with Crippen molar-refractivity contribution in [1.29, 1.82) is 0 Å². The van der Waals surface area contributed by atoms with E-state index in [-0.39, 0.29) is 99.4 Å². The van der Waals surface area contributed by atoms with Crippen LogP contribution in [-0.4, -0.2) is 186 Å². The third-order valence-electron chi connectivity index (χ3n) is 24.6. The minimum Gasteiger partial charge on any atom is -0.496 e. The number of aromatic carboxylic acids is 1. The molecule has 1 unspecified atom stereocenters. The van der Waals surface area contributed by atoms with Gasteiger partial charge in [0.05, 0.1) is 105 Å². The number of hydrogen-bond donors (Lipinski definition) is 6. The van der Waals surface area contributed by atoms with Gasteiger partial charge in [0.1, 0.15) is 28.8 Å². The molecule has 14 rings (SSSR count). The van der Waals surface area contributed by atoms with E-state index < -0.39 is 55.8 Å². The van der Waals surface area contributed by atoms with Gasteiger partial charge in [0.15, 0.2) is 11.5 Å². The lowest BCUT2D eigenvalue weighted by Gasteiger charge is -2.35. The average molecular weight is 2020 g/mol. The number of pyridine rings is 1. The van der Waals surface area contributed by atoms with Crippen LogP contribution in [0.25, 0.3) is 39.7 Å². The third kappa shape index (κ3) is 29.3. The molecule has 0 bridgehead atoms. The van der Waals surface area contributed by atoms with Crippen molar-refractivity contribution in [2.45, 2.75) is 201 Å². The molecule has 4 aromatic heterocycles. The van der Waals surface area contributed by atoms with Crippen LogP contribution in [0.15, 0.2) is 192 Å². The maximum Gasteiger partial charge on any atom is 0.336 e. The summed E-state index contributed by atoms with van der Waals surface area (Å²) in [6, 6.07) is 43.8. The molecule has 0 aliphatic carbocycles. The number of aryl methyl sites for hydroxylation is 3. The van der Waals surface area contributed by atoms with Crippen molar-refractivity contribution in [2.24, 2.45) is 22.7 Å². The summed E-state index contributed by atoms with van der Waals surface area (Å²) in [6.07, 6.45) is 18.5. The standard InChI is InChI=1S/C34H33ClN2O7.C30H48N2O6.C22H26N4O3S.C22H23N3O5S/c1-3-4-12-37-32(28-10-9-26(35)18-31(28)44-20-22-7-5-6-8-27(22)34(40)41)25(19-36-37)15-24(33(38)39)14-23-17-30-21(11-13-43-30)16-29(23)42-2;1-7-10-13-31(14-11-8-2)26(33)19-32-18-22(21-15-24(36-6)28-25(16-21)37-20-38-28)27(29(34)35)23(32)17-30(4,5)12-9-3;1-15-14-24-20(21(25-15)29-5)26-30(27,28)18-7-6-12-23-19(18)17-10-8-16(9-11-17)13-22(2,3)4;1-14(22(26)27)12-16-8-10-17(11-9-16)18-6-4-5-7-19(18)31(28,29)25-20-21(30-3)24-15(2)13-23-20/h5-10,15-19H,3-4,11-14,20H2,1-2H3,(H,38,39)(H,40,41);15-16,22-23,27H,7-14,17-20H2,1-6H3,(H,34,35);6-12,14H,13H2,1-5H3,(H,24,26);4-11,13-14H,12H2,1-3H3,(H,23,25)(H,26,27)/b24-15+;;;/t;22-,23+,27-;;/m.1../s1. The number of unbranched alkanes of at least 4 members (excludes halogenated alkanes) is 3. The van der Waals surface area contributed by atoms with Gasteiger partial charge >= 0.3 is 23.9 Å². The molecule has 1 saturated heterocycles. The van der Waals surface area contributed by atoms with Crippen LogP contribution in [0, 0.1) is 36.5 Å². The zero-order valence-electron chi connectivity index (χ0n) is 83.9. The van der Waals surface area contributed by atoms with Crippen LogP contribution in [-0.2, 0) is 78.1 Å². The van der Waals surface area contributed by atoms with E-state index in [9.17, 15) is 56.1 Å². The second kappa shape index (κ2) is 50.3. The molecular formula is C108H130ClN11O21S2. The van der Waals surface area contributed by atoms with Crippen LogP contribution in [0.3, 0.4) is 0 Å². The van der Waals surface area contributed by atoms with E-state index in [1.165, 1.54) is 50.4 Å². The van der Waals surface area contributed by atoms with Crippen molar-refractivity contribution in [3.63, 3.8) is 0 Å². The van der Waals surface area contributed by atoms with E-state index in [1.54, 1.807) is 138 Å². The van der Waals surface area contributed by atoms with Crippen molar-refractivity contribution in [2.75, 3.05) is 77.5 Å². The second-order valence-corrected chi connectivity index (χ2v) is 41.2. The highest BCUT2D eigenvalue weighted by Gasteiger charge is 2.50. The summed E-state index contributed by atoms with van der Waals surface area (Å²) in [6.45, 7) is 28.1. The number of benzene rings is 7. The number of ether oxygens (including phenoxy) is 8. The van der Waals surface area contributed by atoms with Crippen LogP contribution in [0.4, 0.5) is 11.6 Å². The molecule has 0 spiro atoms. The quantitative estimate of drug-likeness (QED) is 0.0194. The summed E-state index contributed by atoms with van der Waals surface area (Å²) in [7, 11) is -2.01. The fraction of sp³-hybridized carbons (Fsp3) is 0.398. The monoisotopic (exact) mass is 2020 g/mol. The number of carbonyl (C=O) groups is 5. The molecule has 32 nitrogen and oxygen atoms in total. The Bertz CT molecular complexity index is 6540. The van der Waals surface area contributed by atoms with Gasteiger partial charge < -0.3 is 63.2 Å². The highest BCUT2D eigenvalue weighted by molar-refractivity contribution is 7.93. The number of likely N-dealkylation sites (tertiary alicyclic amines) is 1. The lowest BCUT2D eigenvalue weighted by molar-refractivity contribution is -0.144. The molecular weight excluding hydrogens is 1890 g/mol. The first-order valence-electron chi connectivity index (χ1n) is 47.8. The minimum absolute atomic E-state index is 0.000842. The number of fused-ring (bicyclic) bond motifs is 2. The van der Waals surface area contributed by atoms with Crippen LogP contribution in [0.5, 0.6) is 46.3 Å². The summed E-state index contributed by atoms with van der Waals surface area (Å²) in [4.78, 5) is 87.0. The van der Waals surface area contributed by atoms with Gasteiger partial charge in [0, 0.05) is 107 Å². The number of anilines is 2. The number of nitrogens with one attached hydrogen (secondary N) is 2. The molecule has 762 valence electrons. The summed E-state index contributed by atoms with van der Waals surface area (Å²) < 4.78 is 104. The number of aliphatic carboxylic acids is 3. The number of carboxylic acid groups (broad SMARTS) is 4. The number of aromatic nitrogens is 7. The second-order valence-electron chi connectivity index (χ2n) is 37.4. The molecule has 3 aliphatic heterocycles. The molecule has 1 amide bonds. The van der Waals surface area contributed by atoms with Crippen molar-refractivity contribution < 1.29 is 99.1 Å². The zero-order chi connectivity index (χ0) is 104. The molecule has 4 atom stereocenters. The number of amides is 1. The summed E-state index contributed by atoms with van der Waals surface area (Å²) in [5.41, 5.74) is 10.9. The number of carboxylic acids is 4. The number of methoxy groups -OCH3 is 4. The molecule has 0 radical (unpaired) electrons. The van der Waals surface area contributed by atoms with Crippen molar-refractivity contribution >= 4 is 79.1 Å². The molecule has 7 heterocycles. The Morgan fingerprint density at radius 2 is 1.26 bits per heavy atom. The van der Waals surface area contributed by atoms with E-state index in [4.69, 9.17) is 54.6 Å². The number of sulfonamides is 2. The highest BCUT2D eigenvalue weighted by Crippen LogP contribution is 2.50. The van der Waals surface area contributed by atoms with E-state index in [2.05, 4.69) is 107 Å². The van der Waals surface area contributed by atoms with E-state index >= 15 is 0 Å². The van der Waals surface area contributed by atoms with Crippen molar-refractivity contribution in [3.05, 3.63) is 243 Å². The Morgan fingerprint density at radius 1 is 0.636 bits per heavy atom. The Balaban J connectivity index is 0.000000184. The first kappa shape index (κ1) is 110. The predicted octanol–water partition coefficient (Wildman–Crippen LogP) is 20.2. The molecule has 35 heteroatoms. The highest BCUT2D eigenvalue weighted by atomic mass is 35.5. The Labute approximate surface area is 842 Å². The summed E-state index contributed by atoms with van der Waals surface area (Å²) >= 11 is 6.38. The molecule has 0 saturated carbocycles. The van der Waals surface area contributed by atoms with Gasteiger partial charge in [-0.05, 0) is 165 Å². The van der Waals surface area contributed by atoms with Crippen LogP contribution in [0.1, 0.15) is 194 Å². The smallest absolute Gasteiger partial charge is 0.336 e. The molecule has 1 fully saturated rings. The number of halogens is 1. The first-order chi connectivity index (χ1) is 68.2. The van der Waals surface area contributed by atoms with Gasteiger partial charge in [-0.1, -0.05) is 191 Å². The van der Waals surface area contributed by atoms with Crippen LogP contribution >= 0.6 is 11.6 Å². The van der Waals surface area contributed by atoms with E-state index in [1.807, 2.05) is 58.1 Å². The minimum atomic E-state index is -3.99. The fourth-order valence-electron chi connectivity index (χ4n) is 17.5. The van der Waals surface area contributed by atoms with Gasteiger partial charge in [-0.3, -0.25) is 38.4 Å². The average Bonchev–Trinajstić information content (AvgIpc) is 1.68. The number of rotatable bonds is 42. The van der Waals surface area contributed by atoms with E-state index in [0.29, 0.717) is 122 Å². The normalized spacial score (nSPS) is 14.6. The maximum absolute atomic E-state index is 13.6. The predicted molar refractivity (Wildman–Crippen MR) is 548 cm³/mol. The number of hydrogen-bond acceptors (Lipinski definition) is 24. The van der Waals surface area contributed by atoms with Gasteiger partial charge in [-0.15, -0.1) is 0 Å². The lowest BCUT2D eigenvalue weighted by Crippen LogP contribution is -2.46. The first-order valence-corrected chi connectivity index (χ1v) is 51.1. The van der Waals surface area contributed by atoms with Gasteiger partial charge in [-0.2, -0.15) is 5.10 Å². The number of carbonyl (C=O) groups excluding carboxylic acids is 1. The van der Waals surface area contributed by atoms with Gasteiger partial charge in [0.25, 0.3) is 31.8 Å². The molecule has 3 aliphatic rings.